The van der Waals surface area contributed by atoms with Crippen LogP contribution in [0.25, 0.3) is 0 Å². The van der Waals surface area contributed by atoms with E-state index < -0.39 is 5.79 Å². The summed E-state index contributed by atoms with van der Waals surface area (Å²) in [7, 11) is 3.58. The molecule has 0 bridgehead atoms. The average molecular weight is 359 g/mol. The summed E-state index contributed by atoms with van der Waals surface area (Å²) in [5.74, 6) is 0.256. The molecule has 2 unspecified atom stereocenters. The number of rotatable bonds is 17. The lowest BCUT2D eigenvalue weighted by atomic mass is 9.81. The summed E-state index contributed by atoms with van der Waals surface area (Å²) in [4.78, 5) is 0. The third-order valence-corrected chi connectivity index (χ3v) is 5.47. The fourth-order valence-corrected chi connectivity index (χ4v) is 3.89. The van der Waals surface area contributed by atoms with E-state index in [0.29, 0.717) is 17.9 Å². The molecule has 150 valence electrons. The van der Waals surface area contributed by atoms with Crippen LogP contribution in [0, 0.1) is 11.8 Å². The topological polar surface area (TPSA) is 40.2 Å². The van der Waals surface area contributed by atoms with Gasteiger partial charge in [-0.2, -0.15) is 0 Å². The van der Waals surface area contributed by atoms with Gasteiger partial charge in [0.25, 0.3) is 0 Å². The van der Waals surface area contributed by atoms with Gasteiger partial charge in [-0.1, -0.05) is 59.3 Å². The molecule has 0 N–H and O–H groups in total. The number of hydrogen-bond acceptors (Lipinski definition) is 4. The molecule has 1 heterocycles. The first-order chi connectivity index (χ1) is 12.1. The van der Waals surface area contributed by atoms with Crippen molar-refractivity contribution < 1.29 is 18.9 Å². The van der Waals surface area contributed by atoms with Crippen LogP contribution in [0.2, 0.25) is 0 Å². The first-order valence-corrected chi connectivity index (χ1v) is 10.4. The molecule has 1 saturated heterocycles. The highest BCUT2D eigenvalue weighted by Gasteiger charge is 2.41. The van der Waals surface area contributed by atoms with Crippen molar-refractivity contribution in [3.05, 3.63) is 0 Å². The van der Waals surface area contributed by atoms with Crippen LogP contribution in [0.3, 0.4) is 0 Å². The Bertz CT molecular complexity index is 311. The summed E-state index contributed by atoms with van der Waals surface area (Å²) < 4.78 is 22.8. The van der Waals surface area contributed by atoms with Gasteiger partial charge in [0.2, 0.25) is 0 Å². The van der Waals surface area contributed by atoms with Gasteiger partial charge in [0.05, 0.1) is 13.2 Å². The van der Waals surface area contributed by atoms with Crippen LogP contribution in [-0.4, -0.2) is 45.9 Å². The van der Waals surface area contributed by atoms with Gasteiger partial charge in [-0.15, -0.1) is 0 Å². The number of methoxy groups -OCH3 is 2. The largest absolute Gasteiger partial charge is 0.379 e. The lowest BCUT2D eigenvalue weighted by Crippen LogP contribution is -2.47. The van der Waals surface area contributed by atoms with Crippen molar-refractivity contribution in [2.75, 3.05) is 34.0 Å². The molecule has 1 fully saturated rings. The van der Waals surface area contributed by atoms with Crippen LogP contribution in [-0.2, 0) is 18.9 Å². The molecule has 4 nitrogen and oxygen atoms in total. The molecule has 25 heavy (non-hydrogen) atoms. The molecule has 0 radical (unpaired) electrons. The highest BCUT2D eigenvalue weighted by Crippen LogP contribution is 2.37. The Labute approximate surface area is 155 Å². The maximum absolute atomic E-state index is 5.93. The van der Waals surface area contributed by atoms with Crippen molar-refractivity contribution in [3.8, 4) is 0 Å². The van der Waals surface area contributed by atoms with Crippen molar-refractivity contribution in [2.45, 2.75) is 90.4 Å². The van der Waals surface area contributed by atoms with E-state index in [2.05, 4.69) is 20.8 Å². The molecule has 0 aliphatic carbocycles. The Morgan fingerprint density at radius 3 is 2.12 bits per heavy atom. The number of ether oxygens (including phenoxy) is 4. The van der Waals surface area contributed by atoms with E-state index in [1.807, 2.05) is 0 Å². The Balaban J connectivity index is 2.42. The van der Waals surface area contributed by atoms with Gasteiger partial charge in [-0.25, -0.2) is 0 Å². The third-order valence-electron chi connectivity index (χ3n) is 5.47. The first kappa shape index (κ1) is 22.9. The number of hydrogen-bond donors (Lipinski definition) is 0. The predicted octanol–water partition coefficient (Wildman–Crippen LogP) is 5.19. The van der Waals surface area contributed by atoms with E-state index in [-0.39, 0.29) is 0 Å². The average Bonchev–Trinajstić information content (AvgIpc) is 3.42. The van der Waals surface area contributed by atoms with Gasteiger partial charge in [0.1, 0.15) is 6.10 Å². The maximum Gasteiger partial charge on any atom is 0.172 e. The Morgan fingerprint density at radius 1 is 0.960 bits per heavy atom. The lowest BCUT2D eigenvalue weighted by Gasteiger charge is -2.42. The normalized spacial score (nSPS) is 18.7. The Morgan fingerprint density at radius 2 is 1.56 bits per heavy atom. The van der Waals surface area contributed by atoms with Crippen molar-refractivity contribution >= 4 is 0 Å². The SMILES string of the molecule is CCCCCCCCC(CCCOCC1CO1)C(OC)(OC)C(C)C. The fraction of sp³-hybridized carbons (Fsp3) is 1.00. The summed E-state index contributed by atoms with van der Waals surface area (Å²) >= 11 is 0. The molecule has 0 amide bonds. The second-order valence-corrected chi connectivity index (χ2v) is 7.71. The van der Waals surface area contributed by atoms with Crippen LogP contribution < -0.4 is 0 Å². The molecule has 2 atom stereocenters. The molecule has 0 aromatic carbocycles. The Kier molecular flexibility index (Phi) is 12.0. The second-order valence-electron chi connectivity index (χ2n) is 7.71. The molecule has 0 aromatic rings. The zero-order chi connectivity index (χ0) is 18.5. The van der Waals surface area contributed by atoms with E-state index >= 15 is 0 Å². The summed E-state index contributed by atoms with van der Waals surface area (Å²) in [5, 5.41) is 0. The number of unbranched alkanes of at least 4 members (excludes halogenated alkanes) is 5. The number of epoxide rings is 1. The zero-order valence-corrected chi connectivity index (χ0v) is 17.4. The van der Waals surface area contributed by atoms with Gasteiger partial charge in [0, 0.05) is 32.7 Å². The summed E-state index contributed by atoms with van der Waals surface area (Å²) in [6, 6.07) is 0. The van der Waals surface area contributed by atoms with Crippen molar-refractivity contribution in [1.82, 2.24) is 0 Å². The van der Waals surface area contributed by atoms with E-state index in [1.165, 1.54) is 38.5 Å². The van der Waals surface area contributed by atoms with Gasteiger partial charge < -0.3 is 18.9 Å². The highest BCUT2D eigenvalue weighted by molar-refractivity contribution is 4.83. The molecule has 0 aromatic heterocycles. The molecule has 0 saturated carbocycles. The van der Waals surface area contributed by atoms with Crippen molar-refractivity contribution in [2.24, 2.45) is 11.8 Å². The van der Waals surface area contributed by atoms with Gasteiger partial charge in [-0.05, 0) is 19.3 Å². The minimum atomic E-state index is -0.483. The van der Waals surface area contributed by atoms with Crippen LogP contribution in [0.15, 0.2) is 0 Å². The highest BCUT2D eigenvalue weighted by atomic mass is 16.7. The minimum Gasteiger partial charge on any atom is -0.379 e. The van der Waals surface area contributed by atoms with E-state index in [0.717, 1.165) is 39.1 Å². The van der Waals surface area contributed by atoms with Crippen LogP contribution in [0.1, 0.15) is 78.6 Å². The first-order valence-electron chi connectivity index (χ1n) is 10.4. The van der Waals surface area contributed by atoms with Crippen molar-refractivity contribution in [1.29, 1.82) is 0 Å². The van der Waals surface area contributed by atoms with Gasteiger partial charge >= 0.3 is 0 Å². The van der Waals surface area contributed by atoms with E-state index in [1.54, 1.807) is 14.2 Å². The van der Waals surface area contributed by atoms with Crippen molar-refractivity contribution in [3.63, 3.8) is 0 Å². The maximum atomic E-state index is 5.93. The van der Waals surface area contributed by atoms with E-state index in [9.17, 15) is 0 Å². The zero-order valence-electron chi connectivity index (χ0n) is 17.4. The molecule has 4 heteroatoms. The van der Waals surface area contributed by atoms with Gasteiger partial charge in [-0.3, -0.25) is 0 Å². The monoisotopic (exact) mass is 358 g/mol. The summed E-state index contributed by atoms with van der Waals surface area (Å²) in [5.41, 5.74) is 0. The Hall–Kier alpha value is -0.160. The second kappa shape index (κ2) is 13.1. The third kappa shape index (κ3) is 8.38. The summed E-state index contributed by atoms with van der Waals surface area (Å²) in [6.45, 7) is 9.07. The standard InChI is InChI=1S/C21H42O4/c1-6-7-8-9-10-11-13-19(21(22-4,23-5)18(2)3)14-12-15-24-16-20-17-25-20/h18-20H,6-17H2,1-5H3. The minimum absolute atomic E-state index is 0.327. The smallest absolute Gasteiger partial charge is 0.172 e. The molecular formula is C21H42O4. The van der Waals surface area contributed by atoms with Crippen LogP contribution in [0.4, 0.5) is 0 Å². The van der Waals surface area contributed by atoms with Crippen LogP contribution in [0.5, 0.6) is 0 Å². The molecular weight excluding hydrogens is 316 g/mol. The fourth-order valence-electron chi connectivity index (χ4n) is 3.89. The lowest BCUT2D eigenvalue weighted by molar-refractivity contribution is -0.268. The molecule has 1 aliphatic rings. The molecule has 0 spiro atoms. The summed E-state index contributed by atoms with van der Waals surface area (Å²) in [6.07, 6.45) is 11.6. The van der Waals surface area contributed by atoms with E-state index in [4.69, 9.17) is 18.9 Å². The van der Waals surface area contributed by atoms with Crippen LogP contribution >= 0.6 is 0 Å². The van der Waals surface area contributed by atoms with Gasteiger partial charge in [0.15, 0.2) is 5.79 Å². The quantitative estimate of drug-likeness (QED) is 0.204. The molecule has 1 rings (SSSR count). The molecule has 1 aliphatic heterocycles. The predicted molar refractivity (Wildman–Crippen MR) is 103 cm³/mol.